The Morgan fingerprint density at radius 2 is 2.13 bits per heavy atom. The Labute approximate surface area is 143 Å². The first-order valence-electron chi connectivity index (χ1n) is 7.16. The summed E-state index contributed by atoms with van der Waals surface area (Å²) in [5.41, 5.74) is 2.14. The third-order valence-corrected chi connectivity index (χ3v) is 4.88. The Morgan fingerprint density at radius 1 is 1.30 bits per heavy atom. The fourth-order valence-corrected chi connectivity index (χ4v) is 3.35. The molecule has 2 amide bonds. The van der Waals surface area contributed by atoms with E-state index < -0.39 is 0 Å². The number of rotatable bonds is 3. The highest BCUT2D eigenvalue weighted by atomic mass is 35.5. The van der Waals surface area contributed by atoms with Gasteiger partial charge >= 0.3 is 0 Å². The van der Waals surface area contributed by atoms with Crippen molar-refractivity contribution in [2.75, 3.05) is 11.1 Å². The molecule has 0 saturated carbocycles. The highest BCUT2D eigenvalue weighted by Gasteiger charge is 2.18. The molecule has 1 aliphatic heterocycles. The number of fused-ring (bicyclic) bond motifs is 1. The van der Waals surface area contributed by atoms with Gasteiger partial charge in [0.2, 0.25) is 5.91 Å². The summed E-state index contributed by atoms with van der Waals surface area (Å²) < 4.78 is 0. The van der Waals surface area contributed by atoms with Gasteiger partial charge in [-0.3, -0.25) is 9.59 Å². The van der Waals surface area contributed by atoms with Crippen LogP contribution in [0.2, 0.25) is 5.02 Å². The highest BCUT2D eigenvalue weighted by Crippen LogP contribution is 2.32. The molecule has 2 aromatic carbocycles. The van der Waals surface area contributed by atoms with Gasteiger partial charge in [0.25, 0.3) is 5.91 Å². The summed E-state index contributed by atoms with van der Waals surface area (Å²) in [6, 6.07) is 12.6. The van der Waals surface area contributed by atoms with Crippen LogP contribution in [0, 0.1) is 0 Å². The normalized spacial score (nSPS) is 14.6. The quantitative estimate of drug-likeness (QED) is 0.886. The van der Waals surface area contributed by atoms with Crippen LogP contribution in [0.1, 0.15) is 28.9 Å². The molecule has 1 aliphatic rings. The lowest BCUT2D eigenvalue weighted by Gasteiger charge is -2.18. The SMILES string of the molecule is CC(NC(=O)c1ccc2c(c1)NC(=O)CS2)c1cccc(Cl)c1. The molecule has 2 aromatic rings. The Balaban J connectivity index is 1.76. The minimum absolute atomic E-state index is 0.0487. The fraction of sp³-hybridized carbons (Fsp3) is 0.176. The maximum absolute atomic E-state index is 12.4. The van der Waals surface area contributed by atoms with Crippen molar-refractivity contribution in [2.24, 2.45) is 0 Å². The van der Waals surface area contributed by atoms with Crippen molar-refractivity contribution in [2.45, 2.75) is 17.9 Å². The van der Waals surface area contributed by atoms with E-state index >= 15 is 0 Å². The predicted octanol–water partition coefficient (Wildman–Crippen LogP) is 3.88. The lowest BCUT2D eigenvalue weighted by Crippen LogP contribution is -2.27. The van der Waals surface area contributed by atoms with E-state index in [0.29, 0.717) is 22.0 Å². The highest BCUT2D eigenvalue weighted by molar-refractivity contribution is 8.00. The van der Waals surface area contributed by atoms with Crippen LogP contribution in [-0.2, 0) is 4.79 Å². The number of halogens is 1. The molecule has 2 N–H and O–H groups in total. The van der Waals surface area contributed by atoms with E-state index in [0.717, 1.165) is 10.5 Å². The third-order valence-electron chi connectivity index (χ3n) is 3.57. The zero-order chi connectivity index (χ0) is 16.4. The smallest absolute Gasteiger partial charge is 0.251 e. The van der Waals surface area contributed by atoms with Crippen molar-refractivity contribution in [1.82, 2.24) is 5.32 Å². The molecule has 0 spiro atoms. The van der Waals surface area contributed by atoms with Crippen LogP contribution in [0.5, 0.6) is 0 Å². The zero-order valence-electron chi connectivity index (χ0n) is 12.4. The summed E-state index contributed by atoms with van der Waals surface area (Å²) in [5, 5.41) is 6.37. The van der Waals surface area contributed by atoms with Gasteiger partial charge in [-0.2, -0.15) is 0 Å². The average Bonchev–Trinajstić information content (AvgIpc) is 2.54. The summed E-state index contributed by atoms with van der Waals surface area (Å²) >= 11 is 7.45. The number of carbonyl (C=O) groups is 2. The van der Waals surface area contributed by atoms with E-state index in [1.165, 1.54) is 11.8 Å². The van der Waals surface area contributed by atoms with Crippen molar-refractivity contribution in [3.63, 3.8) is 0 Å². The fourth-order valence-electron chi connectivity index (χ4n) is 2.36. The van der Waals surface area contributed by atoms with Gasteiger partial charge in [-0.05, 0) is 42.8 Å². The second-order valence-electron chi connectivity index (χ2n) is 5.30. The molecule has 0 aliphatic carbocycles. The zero-order valence-corrected chi connectivity index (χ0v) is 14.0. The lowest BCUT2D eigenvalue weighted by atomic mass is 10.1. The van der Waals surface area contributed by atoms with E-state index in [9.17, 15) is 9.59 Å². The van der Waals surface area contributed by atoms with Gasteiger partial charge in [-0.1, -0.05) is 23.7 Å². The van der Waals surface area contributed by atoms with Crippen LogP contribution in [0.3, 0.4) is 0 Å². The molecule has 3 rings (SSSR count). The molecule has 1 unspecified atom stereocenters. The Kier molecular flexibility index (Phi) is 4.59. The molecule has 118 valence electrons. The van der Waals surface area contributed by atoms with Crippen molar-refractivity contribution in [3.05, 3.63) is 58.6 Å². The predicted molar refractivity (Wildman–Crippen MR) is 93.1 cm³/mol. The van der Waals surface area contributed by atoms with Crippen LogP contribution in [0.15, 0.2) is 47.4 Å². The van der Waals surface area contributed by atoms with E-state index in [-0.39, 0.29) is 17.9 Å². The first-order chi connectivity index (χ1) is 11.0. The van der Waals surface area contributed by atoms with E-state index in [1.807, 2.05) is 31.2 Å². The summed E-state index contributed by atoms with van der Waals surface area (Å²) in [5.74, 6) is 0.169. The van der Waals surface area contributed by atoms with Crippen LogP contribution in [-0.4, -0.2) is 17.6 Å². The number of benzene rings is 2. The summed E-state index contributed by atoms with van der Waals surface area (Å²) in [4.78, 5) is 24.8. The molecule has 6 heteroatoms. The Bertz CT molecular complexity index is 779. The van der Waals surface area contributed by atoms with Crippen molar-refractivity contribution >= 4 is 40.9 Å². The van der Waals surface area contributed by atoms with Crippen LogP contribution in [0.4, 0.5) is 5.69 Å². The number of carbonyl (C=O) groups excluding carboxylic acids is 2. The van der Waals surface area contributed by atoms with Crippen LogP contribution in [0.25, 0.3) is 0 Å². The van der Waals surface area contributed by atoms with Gasteiger partial charge in [0.1, 0.15) is 0 Å². The number of nitrogens with one attached hydrogen (secondary N) is 2. The molecular formula is C17H15ClN2O2S. The van der Waals surface area contributed by atoms with Gasteiger partial charge in [-0.25, -0.2) is 0 Å². The number of amides is 2. The molecule has 23 heavy (non-hydrogen) atoms. The molecule has 0 saturated heterocycles. The summed E-state index contributed by atoms with van der Waals surface area (Å²) in [6.07, 6.45) is 0. The van der Waals surface area contributed by atoms with Crippen LogP contribution >= 0.6 is 23.4 Å². The summed E-state index contributed by atoms with van der Waals surface area (Å²) in [7, 11) is 0. The van der Waals surface area contributed by atoms with Crippen LogP contribution < -0.4 is 10.6 Å². The monoisotopic (exact) mass is 346 g/mol. The van der Waals surface area contributed by atoms with Gasteiger partial charge in [0.05, 0.1) is 17.5 Å². The van der Waals surface area contributed by atoms with E-state index in [4.69, 9.17) is 11.6 Å². The Morgan fingerprint density at radius 3 is 2.91 bits per heavy atom. The first kappa shape index (κ1) is 15.9. The number of anilines is 1. The Hall–Kier alpha value is -1.98. The standard InChI is InChI=1S/C17H15ClN2O2S/c1-10(11-3-2-4-13(18)7-11)19-17(22)12-5-6-15-14(8-12)20-16(21)9-23-15/h2-8,10H,9H2,1H3,(H,19,22)(H,20,21). The molecular weight excluding hydrogens is 332 g/mol. The maximum Gasteiger partial charge on any atom is 0.251 e. The minimum atomic E-state index is -0.190. The molecule has 1 heterocycles. The average molecular weight is 347 g/mol. The first-order valence-corrected chi connectivity index (χ1v) is 8.52. The molecule has 0 radical (unpaired) electrons. The van der Waals surface area contributed by atoms with Gasteiger partial charge in [0.15, 0.2) is 0 Å². The maximum atomic E-state index is 12.4. The molecule has 4 nitrogen and oxygen atoms in total. The molecule has 0 fully saturated rings. The van der Waals surface area contributed by atoms with E-state index in [1.54, 1.807) is 18.2 Å². The number of hydrogen-bond acceptors (Lipinski definition) is 3. The largest absolute Gasteiger partial charge is 0.346 e. The van der Waals surface area contributed by atoms with Gasteiger partial charge < -0.3 is 10.6 Å². The second-order valence-corrected chi connectivity index (χ2v) is 6.75. The van der Waals surface area contributed by atoms with E-state index in [2.05, 4.69) is 10.6 Å². The van der Waals surface area contributed by atoms with Crippen molar-refractivity contribution < 1.29 is 9.59 Å². The number of hydrogen-bond donors (Lipinski definition) is 2. The van der Waals surface area contributed by atoms with Gasteiger partial charge in [0, 0.05) is 15.5 Å². The van der Waals surface area contributed by atoms with Gasteiger partial charge in [-0.15, -0.1) is 11.8 Å². The van der Waals surface area contributed by atoms with Crippen molar-refractivity contribution in [1.29, 1.82) is 0 Å². The third kappa shape index (κ3) is 3.68. The topological polar surface area (TPSA) is 58.2 Å². The molecule has 0 aromatic heterocycles. The minimum Gasteiger partial charge on any atom is -0.346 e. The number of thioether (sulfide) groups is 1. The lowest BCUT2D eigenvalue weighted by molar-refractivity contribution is -0.113. The summed E-state index contributed by atoms with van der Waals surface area (Å²) in [6.45, 7) is 1.90. The second kappa shape index (κ2) is 6.64. The van der Waals surface area contributed by atoms with Crippen molar-refractivity contribution in [3.8, 4) is 0 Å². The molecule has 1 atom stereocenters. The molecule has 0 bridgehead atoms.